The Bertz CT molecular complexity index is 848. The van der Waals surface area contributed by atoms with E-state index < -0.39 is 23.1 Å². The maximum Gasteiger partial charge on any atom is 0.182 e. The van der Waals surface area contributed by atoms with E-state index in [1.807, 2.05) is 0 Å². The first-order chi connectivity index (χ1) is 12.0. The van der Waals surface area contributed by atoms with Crippen LogP contribution in [0.4, 0.5) is 24.5 Å². The van der Waals surface area contributed by atoms with Crippen LogP contribution in [-0.4, -0.2) is 24.2 Å². The molecule has 0 aliphatic rings. The molecule has 130 valence electrons. The van der Waals surface area contributed by atoms with Crippen molar-refractivity contribution in [1.82, 2.24) is 0 Å². The highest BCUT2D eigenvalue weighted by Crippen LogP contribution is 2.28. The number of nitrogens with one attached hydrogen (secondary N) is 1. The van der Waals surface area contributed by atoms with E-state index >= 15 is 0 Å². The second-order valence-electron chi connectivity index (χ2n) is 4.78. The quantitative estimate of drug-likeness (QED) is 0.246. The van der Waals surface area contributed by atoms with Crippen molar-refractivity contribution in [3.05, 3.63) is 58.9 Å². The van der Waals surface area contributed by atoms with Gasteiger partial charge in [0.2, 0.25) is 0 Å². The van der Waals surface area contributed by atoms with Gasteiger partial charge in [-0.1, -0.05) is 11.1 Å². The number of oxime groups is 1. The van der Waals surface area contributed by atoms with E-state index in [2.05, 4.69) is 16.4 Å². The first-order valence-electron chi connectivity index (χ1n) is 7.05. The zero-order valence-electron chi connectivity index (χ0n) is 12.9. The normalized spacial score (nSPS) is 11.1. The molecule has 0 unspecified atom stereocenters. The number of hydrogen-bond acceptors (Lipinski definition) is 4. The summed E-state index contributed by atoms with van der Waals surface area (Å²) in [6.07, 6.45) is 5.18. The summed E-state index contributed by atoms with van der Waals surface area (Å²) >= 11 is 0. The fourth-order valence-corrected chi connectivity index (χ4v) is 1.93. The molecule has 0 fully saturated rings. The summed E-state index contributed by atoms with van der Waals surface area (Å²) in [4.78, 5) is 4.70. The number of halogens is 3. The van der Waals surface area contributed by atoms with Crippen molar-refractivity contribution in [2.45, 2.75) is 0 Å². The molecule has 0 heterocycles. The van der Waals surface area contributed by atoms with Gasteiger partial charge in [-0.05, 0) is 30.3 Å². The fraction of sp³-hybridized carbons (Fsp3) is 0.118. The number of amidine groups is 1. The van der Waals surface area contributed by atoms with Crippen molar-refractivity contribution >= 4 is 17.2 Å². The minimum atomic E-state index is -1.27. The molecule has 0 aliphatic carbocycles. The van der Waals surface area contributed by atoms with E-state index in [-0.39, 0.29) is 30.3 Å². The number of benzene rings is 2. The predicted molar refractivity (Wildman–Crippen MR) is 87.7 cm³/mol. The molecule has 0 atom stereocenters. The Hall–Kier alpha value is -3.18. The van der Waals surface area contributed by atoms with Crippen LogP contribution in [0.3, 0.4) is 0 Å². The topological polar surface area (TPSA) is 79.9 Å². The van der Waals surface area contributed by atoms with Gasteiger partial charge in [0.15, 0.2) is 17.5 Å². The lowest BCUT2D eigenvalue weighted by Gasteiger charge is -2.14. The molecule has 25 heavy (non-hydrogen) atoms. The Balaban J connectivity index is 2.44. The summed E-state index contributed by atoms with van der Waals surface area (Å²) in [6.45, 7) is -0.429. The third-order valence-electron chi connectivity index (χ3n) is 3.11. The molecule has 2 aromatic rings. The molecule has 2 aromatic carbocycles. The Kier molecular flexibility index (Phi) is 5.87. The molecule has 0 aliphatic heterocycles. The molecule has 0 spiro atoms. The largest absolute Gasteiger partial charge is 0.393 e. The lowest BCUT2D eigenvalue weighted by atomic mass is 10.1. The van der Waals surface area contributed by atoms with Gasteiger partial charge in [0.05, 0.1) is 18.0 Å². The molecule has 0 radical (unpaired) electrons. The van der Waals surface area contributed by atoms with E-state index in [1.165, 1.54) is 12.1 Å². The van der Waals surface area contributed by atoms with Gasteiger partial charge in [0.25, 0.3) is 0 Å². The number of aliphatic hydroxyl groups is 1. The van der Waals surface area contributed by atoms with E-state index in [0.717, 1.165) is 18.2 Å². The highest BCUT2D eigenvalue weighted by atomic mass is 19.2. The second kappa shape index (κ2) is 8.08. The molecular weight excluding hydrogens is 335 g/mol. The van der Waals surface area contributed by atoms with Crippen LogP contribution in [0.15, 0.2) is 35.5 Å². The lowest BCUT2D eigenvalue weighted by molar-refractivity contribution is 0.0985. The van der Waals surface area contributed by atoms with Crippen molar-refractivity contribution < 1.29 is 23.1 Å². The molecular formula is C17H14F3N3O2. The highest BCUT2D eigenvalue weighted by Gasteiger charge is 2.18. The zero-order chi connectivity index (χ0) is 18.4. The van der Waals surface area contributed by atoms with Crippen LogP contribution in [0.2, 0.25) is 0 Å². The third-order valence-corrected chi connectivity index (χ3v) is 3.11. The number of nitrogens with zero attached hydrogens (tertiary/aromatic N) is 1. The number of anilines is 2. The van der Waals surface area contributed by atoms with Crippen LogP contribution < -0.4 is 11.1 Å². The summed E-state index contributed by atoms with van der Waals surface area (Å²) in [7, 11) is 0. The average molecular weight is 349 g/mol. The Morgan fingerprint density at radius 2 is 2.00 bits per heavy atom. The highest BCUT2D eigenvalue weighted by molar-refractivity contribution is 6.02. The number of aliphatic hydroxyl groups excluding tert-OH is 1. The van der Waals surface area contributed by atoms with Crippen molar-refractivity contribution in [1.29, 1.82) is 0 Å². The SMILES string of the molecule is C#Cc1ccc(Nc2c(C(N)=NOCCO)ccc(F)c2F)c(F)c1. The van der Waals surface area contributed by atoms with Gasteiger partial charge in [-0.15, -0.1) is 6.42 Å². The van der Waals surface area contributed by atoms with E-state index in [1.54, 1.807) is 0 Å². The van der Waals surface area contributed by atoms with Crippen LogP contribution in [-0.2, 0) is 4.84 Å². The molecule has 0 amide bonds. The molecule has 0 saturated heterocycles. The zero-order valence-corrected chi connectivity index (χ0v) is 12.9. The van der Waals surface area contributed by atoms with Crippen molar-refractivity contribution in [3.8, 4) is 12.3 Å². The maximum atomic E-state index is 14.2. The minimum absolute atomic E-state index is 0.0442. The van der Waals surface area contributed by atoms with Gasteiger partial charge >= 0.3 is 0 Å². The lowest BCUT2D eigenvalue weighted by Crippen LogP contribution is -2.18. The molecule has 0 saturated carbocycles. The Morgan fingerprint density at radius 1 is 1.24 bits per heavy atom. The van der Waals surface area contributed by atoms with Crippen LogP contribution in [0.25, 0.3) is 0 Å². The molecule has 2 rings (SSSR count). The summed E-state index contributed by atoms with van der Waals surface area (Å²) in [5.74, 6) is -1.20. The van der Waals surface area contributed by atoms with E-state index in [0.29, 0.717) is 5.56 Å². The smallest absolute Gasteiger partial charge is 0.182 e. The summed E-state index contributed by atoms with van der Waals surface area (Å²) in [5.41, 5.74) is 5.39. The van der Waals surface area contributed by atoms with Gasteiger partial charge < -0.3 is 21.0 Å². The summed E-state index contributed by atoms with van der Waals surface area (Å²) in [5, 5.41) is 14.6. The van der Waals surface area contributed by atoms with Gasteiger partial charge in [-0.2, -0.15) is 0 Å². The van der Waals surface area contributed by atoms with Crippen LogP contribution >= 0.6 is 0 Å². The molecule has 8 heteroatoms. The Morgan fingerprint density at radius 3 is 2.64 bits per heavy atom. The maximum absolute atomic E-state index is 14.2. The van der Waals surface area contributed by atoms with Gasteiger partial charge in [0, 0.05) is 11.1 Å². The molecule has 0 bridgehead atoms. The van der Waals surface area contributed by atoms with Crippen LogP contribution in [0.1, 0.15) is 11.1 Å². The van der Waals surface area contributed by atoms with Crippen molar-refractivity contribution in [3.63, 3.8) is 0 Å². The van der Waals surface area contributed by atoms with Gasteiger partial charge in [-0.25, -0.2) is 13.2 Å². The standard InChI is InChI=1S/C17H14F3N3O2/c1-2-10-3-6-14(13(19)9-10)22-16-11(4-5-12(18)15(16)20)17(21)23-25-8-7-24/h1,3-6,9,22,24H,7-8H2,(H2,21,23). The summed E-state index contributed by atoms with van der Waals surface area (Å²) in [6, 6.07) is 5.80. The first kappa shape index (κ1) is 18.2. The average Bonchev–Trinajstić information content (AvgIpc) is 2.60. The minimum Gasteiger partial charge on any atom is -0.393 e. The second-order valence-corrected chi connectivity index (χ2v) is 4.78. The number of nitrogens with two attached hydrogens (primary N) is 1. The predicted octanol–water partition coefficient (Wildman–Crippen LogP) is 2.46. The number of hydrogen-bond donors (Lipinski definition) is 3. The molecule has 5 nitrogen and oxygen atoms in total. The Labute approximate surface area is 141 Å². The van der Waals surface area contributed by atoms with Gasteiger partial charge in [0.1, 0.15) is 12.4 Å². The summed E-state index contributed by atoms with van der Waals surface area (Å²) < 4.78 is 41.8. The third kappa shape index (κ3) is 4.22. The number of rotatable bonds is 6. The molecule has 4 N–H and O–H groups in total. The monoisotopic (exact) mass is 349 g/mol. The molecule has 0 aromatic heterocycles. The van der Waals surface area contributed by atoms with E-state index in [9.17, 15) is 13.2 Å². The first-order valence-corrected chi connectivity index (χ1v) is 7.05. The fourth-order valence-electron chi connectivity index (χ4n) is 1.93. The van der Waals surface area contributed by atoms with Crippen LogP contribution in [0, 0.1) is 29.8 Å². The van der Waals surface area contributed by atoms with Crippen LogP contribution in [0.5, 0.6) is 0 Å². The van der Waals surface area contributed by atoms with Crippen molar-refractivity contribution in [2.75, 3.05) is 18.5 Å². The van der Waals surface area contributed by atoms with Crippen molar-refractivity contribution in [2.24, 2.45) is 10.9 Å². The van der Waals surface area contributed by atoms with Gasteiger partial charge in [-0.3, -0.25) is 0 Å². The van der Waals surface area contributed by atoms with E-state index in [4.69, 9.17) is 22.1 Å². The number of terminal acetylenes is 1.